The first-order chi connectivity index (χ1) is 7.34. The van der Waals surface area contributed by atoms with Crippen molar-refractivity contribution in [1.82, 2.24) is 10.2 Å². The van der Waals surface area contributed by atoms with Crippen LogP contribution in [0.25, 0.3) is 0 Å². The monoisotopic (exact) mass is 205 g/mol. The van der Waals surface area contributed by atoms with Gasteiger partial charge in [-0.1, -0.05) is 12.1 Å². The molecule has 78 valence electrons. The summed E-state index contributed by atoms with van der Waals surface area (Å²) in [6.07, 6.45) is 2.56. The molecule has 4 heteroatoms. The fourth-order valence-corrected chi connectivity index (χ4v) is 1.35. The second kappa shape index (κ2) is 4.59. The van der Waals surface area contributed by atoms with Crippen molar-refractivity contribution in [3.05, 3.63) is 47.9 Å². The van der Waals surface area contributed by atoms with Crippen LogP contribution in [-0.4, -0.2) is 16.7 Å². The quantitative estimate of drug-likeness (QED) is 0.803. The van der Waals surface area contributed by atoms with Gasteiger partial charge >= 0.3 is 0 Å². The lowest BCUT2D eigenvalue weighted by atomic mass is 10.1. The molecule has 0 spiro atoms. The van der Waals surface area contributed by atoms with Crippen LogP contribution in [0.1, 0.15) is 5.56 Å². The Morgan fingerprint density at radius 1 is 1.20 bits per heavy atom. The summed E-state index contributed by atoms with van der Waals surface area (Å²) in [6.45, 7) is 0.799. The van der Waals surface area contributed by atoms with Crippen molar-refractivity contribution in [3.63, 3.8) is 0 Å². The zero-order chi connectivity index (χ0) is 10.5. The molecule has 0 bridgehead atoms. The van der Waals surface area contributed by atoms with E-state index in [1.165, 1.54) is 12.1 Å². The summed E-state index contributed by atoms with van der Waals surface area (Å²) >= 11 is 0. The number of aromatic amines is 1. The van der Waals surface area contributed by atoms with E-state index in [1.54, 1.807) is 18.3 Å². The topological polar surface area (TPSA) is 40.7 Å². The van der Waals surface area contributed by atoms with E-state index in [4.69, 9.17) is 0 Å². The SMILES string of the molecule is Fc1ccc(CCNc2ccn[nH]2)cc1. The molecule has 2 N–H and O–H groups in total. The molecule has 0 aliphatic heterocycles. The van der Waals surface area contributed by atoms with Gasteiger partial charge in [-0.3, -0.25) is 5.10 Å². The maximum absolute atomic E-state index is 12.6. The lowest BCUT2D eigenvalue weighted by molar-refractivity contribution is 0.627. The fourth-order valence-electron chi connectivity index (χ4n) is 1.35. The lowest BCUT2D eigenvalue weighted by Gasteiger charge is -2.03. The van der Waals surface area contributed by atoms with E-state index >= 15 is 0 Å². The molecule has 0 saturated heterocycles. The Labute approximate surface area is 87.3 Å². The van der Waals surface area contributed by atoms with E-state index in [9.17, 15) is 4.39 Å². The Hall–Kier alpha value is -1.84. The Morgan fingerprint density at radius 2 is 2.00 bits per heavy atom. The van der Waals surface area contributed by atoms with E-state index < -0.39 is 0 Å². The van der Waals surface area contributed by atoms with Gasteiger partial charge in [0.1, 0.15) is 11.6 Å². The van der Waals surface area contributed by atoms with Gasteiger partial charge in [0.05, 0.1) is 6.20 Å². The highest BCUT2D eigenvalue weighted by molar-refractivity contribution is 5.31. The lowest BCUT2D eigenvalue weighted by Crippen LogP contribution is -2.04. The van der Waals surface area contributed by atoms with E-state index in [2.05, 4.69) is 15.5 Å². The van der Waals surface area contributed by atoms with E-state index in [0.717, 1.165) is 24.3 Å². The maximum atomic E-state index is 12.6. The van der Waals surface area contributed by atoms with Gasteiger partial charge in [0, 0.05) is 6.54 Å². The number of hydrogen-bond acceptors (Lipinski definition) is 2. The molecule has 0 fully saturated rings. The molecular formula is C11H12FN3. The number of anilines is 1. The molecule has 0 atom stereocenters. The maximum Gasteiger partial charge on any atom is 0.123 e. The number of hydrogen-bond donors (Lipinski definition) is 2. The summed E-state index contributed by atoms with van der Waals surface area (Å²) in [4.78, 5) is 0. The zero-order valence-electron chi connectivity index (χ0n) is 8.20. The largest absolute Gasteiger partial charge is 0.370 e. The number of nitrogens with one attached hydrogen (secondary N) is 2. The summed E-state index contributed by atoms with van der Waals surface area (Å²) in [5.41, 5.74) is 1.11. The first kappa shape index (κ1) is 9.71. The van der Waals surface area contributed by atoms with Crippen LogP contribution in [0.3, 0.4) is 0 Å². The second-order valence-corrected chi connectivity index (χ2v) is 3.27. The number of rotatable bonds is 4. The molecule has 0 aliphatic rings. The number of nitrogens with zero attached hydrogens (tertiary/aromatic N) is 1. The van der Waals surface area contributed by atoms with Crippen molar-refractivity contribution in [1.29, 1.82) is 0 Å². The van der Waals surface area contributed by atoms with E-state index in [1.807, 2.05) is 6.07 Å². The van der Waals surface area contributed by atoms with Gasteiger partial charge in [0.2, 0.25) is 0 Å². The predicted octanol–water partition coefficient (Wildman–Crippen LogP) is 2.20. The first-order valence-electron chi connectivity index (χ1n) is 4.82. The van der Waals surface area contributed by atoms with Crippen LogP contribution in [0.4, 0.5) is 10.2 Å². The number of H-pyrrole nitrogens is 1. The minimum absolute atomic E-state index is 0.194. The second-order valence-electron chi connectivity index (χ2n) is 3.27. The van der Waals surface area contributed by atoms with Gasteiger partial charge in [-0.25, -0.2) is 4.39 Å². The average molecular weight is 205 g/mol. The van der Waals surface area contributed by atoms with Crippen molar-refractivity contribution in [2.75, 3.05) is 11.9 Å². The Kier molecular flexibility index (Phi) is 2.97. The summed E-state index contributed by atoms with van der Waals surface area (Å²) < 4.78 is 12.6. The summed E-state index contributed by atoms with van der Waals surface area (Å²) in [6, 6.07) is 8.41. The highest BCUT2D eigenvalue weighted by atomic mass is 19.1. The molecule has 0 radical (unpaired) electrons. The molecule has 0 saturated carbocycles. The molecule has 0 unspecified atom stereocenters. The summed E-state index contributed by atoms with van der Waals surface area (Å²) in [5.74, 6) is 0.706. The molecule has 15 heavy (non-hydrogen) atoms. The Morgan fingerprint density at radius 3 is 2.67 bits per heavy atom. The number of halogens is 1. The van der Waals surface area contributed by atoms with Gasteiger partial charge in [-0.2, -0.15) is 5.10 Å². The standard InChI is InChI=1S/C11H12FN3/c12-10-3-1-9(2-4-10)5-7-13-11-6-8-14-15-11/h1-4,6,8H,5,7H2,(H2,13,14,15). The fraction of sp³-hybridized carbons (Fsp3) is 0.182. The molecule has 1 heterocycles. The van der Waals surface area contributed by atoms with Crippen LogP contribution in [-0.2, 0) is 6.42 Å². The van der Waals surface area contributed by atoms with Crippen LogP contribution in [0.15, 0.2) is 36.5 Å². The minimum Gasteiger partial charge on any atom is -0.370 e. The third-order valence-corrected chi connectivity index (χ3v) is 2.14. The average Bonchev–Trinajstić information content (AvgIpc) is 2.74. The van der Waals surface area contributed by atoms with Crippen LogP contribution < -0.4 is 5.32 Å². The predicted molar refractivity (Wildman–Crippen MR) is 57.2 cm³/mol. The van der Waals surface area contributed by atoms with Crippen molar-refractivity contribution in [3.8, 4) is 0 Å². The minimum atomic E-state index is -0.194. The normalized spacial score (nSPS) is 10.2. The van der Waals surface area contributed by atoms with Crippen LogP contribution in [0.2, 0.25) is 0 Å². The van der Waals surface area contributed by atoms with Gasteiger partial charge in [0.25, 0.3) is 0 Å². The molecule has 0 amide bonds. The molecule has 2 aromatic rings. The molecule has 1 aromatic heterocycles. The Balaban J connectivity index is 1.81. The molecule has 0 aliphatic carbocycles. The molecular weight excluding hydrogens is 193 g/mol. The number of aromatic nitrogens is 2. The Bertz CT molecular complexity index is 394. The molecule has 3 nitrogen and oxygen atoms in total. The third-order valence-electron chi connectivity index (χ3n) is 2.14. The van der Waals surface area contributed by atoms with Crippen LogP contribution in [0.5, 0.6) is 0 Å². The van der Waals surface area contributed by atoms with Gasteiger partial charge < -0.3 is 5.32 Å². The van der Waals surface area contributed by atoms with Crippen LogP contribution >= 0.6 is 0 Å². The summed E-state index contributed by atoms with van der Waals surface area (Å²) in [5, 5.41) is 9.81. The number of benzene rings is 1. The highest BCUT2D eigenvalue weighted by Gasteiger charge is 1.95. The van der Waals surface area contributed by atoms with Crippen LogP contribution in [0, 0.1) is 5.82 Å². The van der Waals surface area contributed by atoms with Crippen molar-refractivity contribution >= 4 is 5.82 Å². The third kappa shape index (κ3) is 2.80. The van der Waals surface area contributed by atoms with Crippen molar-refractivity contribution in [2.45, 2.75) is 6.42 Å². The van der Waals surface area contributed by atoms with Gasteiger partial charge in [0.15, 0.2) is 0 Å². The smallest absolute Gasteiger partial charge is 0.123 e. The first-order valence-corrected chi connectivity index (χ1v) is 4.82. The molecule has 2 rings (SSSR count). The van der Waals surface area contributed by atoms with E-state index in [0.29, 0.717) is 0 Å². The highest BCUT2D eigenvalue weighted by Crippen LogP contribution is 2.04. The van der Waals surface area contributed by atoms with Gasteiger partial charge in [-0.15, -0.1) is 0 Å². The van der Waals surface area contributed by atoms with Crippen molar-refractivity contribution < 1.29 is 4.39 Å². The summed E-state index contributed by atoms with van der Waals surface area (Å²) in [7, 11) is 0. The van der Waals surface area contributed by atoms with Crippen molar-refractivity contribution in [2.24, 2.45) is 0 Å². The van der Waals surface area contributed by atoms with E-state index in [-0.39, 0.29) is 5.82 Å². The zero-order valence-corrected chi connectivity index (χ0v) is 8.20. The van der Waals surface area contributed by atoms with Gasteiger partial charge in [-0.05, 0) is 30.2 Å². The molecule has 1 aromatic carbocycles.